The Morgan fingerprint density at radius 3 is 2.59 bits per heavy atom. The van der Waals surface area contributed by atoms with Crippen molar-refractivity contribution in [2.45, 2.75) is 19.4 Å². The molecule has 8 heteroatoms. The number of ether oxygens (including phenoxy) is 3. The van der Waals surface area contributed by atoms with Crippen LogP contribution in [0.2, 0.25) is 0 Å². The number of amides is 2. The molecule has 2 aromatic carbocycles. The van der Waals surface area contributed by atoms with Crippen LogP contribution in [0, 0.1) is 0 Å². The van der Waals surface area contributed by atoms with Gasteiger partial charge in [0.25, 0.3) is 5.91 Å². The molecule has 1 aliphatic rings. The highest BCUT2D eigenvalue weighted by Gasteiger charge is 2.23. The molecule has 1 aliphatic heterocycles. The standard InChI is InChI=1S/C21H23N3O5/c1-3-28-19-13-15(8-11-18(19)27-2)17-5-4-12-24(23-17)20(25)14-6-9-16(10-7-14)29-21(22)26/h4,6-13,17,23H,3,5H2,1-2H3,(H2,22,26). The van der Waals surface area contributed by atoms with Gasteiger partial charge in [-0.25, -0.2) is 15.2 Å². The average molecular weight is 397 g/mol. The zero-order valence-electron chi connectivity index (χ0n) is 16.3. The summed E-state index contributed by atoms with van der Waals surface area (Å²) in [6, 6.07) is 11.8. The number of hydrogen-bond acceptors (Lipinski definition) is 6. The number of primary amides is 1. The van der Waals surface area contributed by atoms with Crippen LogP contribution in [0.25, 0.3) is 0 Å². The van der Waals surface area contributed by atoms with Gasteiger partial charge in [0.2, 0.25) is 0 Å². The molecule has 8 nitrogen and oxygen atoms in total. The number of nitrogens with one attached hydrogen (secondary N) is 1. The van der Waals surface area contributed by atoms with Gasteiger partial charge < -0.3 is 19.9 Å². The third-order valence-electron chi connectivity index (χ3n) is 4.35. The van der Waals surface area contributed by atoms with E-state index in [0.29, 0.717) is 30.1 Å². The number of nitrogens with zero attached hydrogens (tertiary/aromatic N) is 1. The van der Waals surface area contributed by atoms with Crippen LogP contribution in [0.15, 0.2) is 54.7 Å². The minimum atomic E-state index is -0.904. The fourth-order valence-corrected chi connectivity index (χ4v) is 3.00. The number of methoxy groups -OCH3 is 1. The minimum absolute atomic E-state index is 0.105. The molecule has 2 aromatic rings. The van der Waals surface area contributed by atoms with Crippen molar-refractivity contribution in [2.75, 3.05) is 13.7 Å². The zero-order valence-corrected chi connectivity index (χ0v) is 16.3. The van der Waals surface area contributed by atoms with Crippen molar-refractivity contribution in [1.82, 2.24) is 10.4 Å². The van der Waals surface area contributed by atoms with E-state index in [1.807, 2.05) is 31.2 Å². The van der Waals surface area contributed by atoms with Gasteiger partial charge in [-0.2, -0.15) is 0 Å². The second-order valence-corrected chi connectivity index (χ2v) is 6.27. The summed E-state index contributed by atoms with van der Waals surface area (Å²) in [7, 11) is 1.60. The summed E-state index contributed by atoms with van der Waals surface area (Å²) in [5.41, 5.74) is 9.61. The van der Waals surface area contributed by atoms with Crippen molar-refractivity contribution < 1.29 is 23.8 Å². The second-order valence-electron chi connectivity index (χ2n) is 6.27. The van der Waals surface area contributed by atoms with E-state index in [2.05, 4.69) is 5.43 Å². The van der Waals surface area contributed by atoms with Gasteiger partial charge in [0.15, 0.2) is 11.5 Å². The van der Waals surface area contributed by atoms with Crippen LogP contribution in [0.5, 0.6) is 17.2 Å². The topological polar surface area (TPSA) is 103 Å². The normalized spacial score (nSPS) is 15.7. The Morgan fingerprint density at radius 1 is 1.17 bits per heavy atom. The molecule has 1 unspecified atom stereocenters. The van der Waals surface area contributed by atoms with Crippen molar-refractivity contribution in [1.29, 1.82) is 0 Å². The van der Waals surface area contributed by atoms with E-state index in [9.17, 15) is 9.59 Å². The predicted octanol–water partition coefficient (Wildman–Crippen LogP) is 3.16. The number of nitrogens with two attached hydrogens (primary N) is 1. The second kappa shape index (κ2) is 9.11. The maximum atomic E-state index is 12.8. The van der Waals surface area contributed by atoms with Crippen LogP contribution in [0.3, 0.4) is 0 Å². The number of hydrazine groups is 1. The molecule has 0 saturated carbocycles. The first-order valence-electron chi connectivity index (χ1n) is 9.16. The van der Waals surface area contributed by atoms with Crippen molar-refractivity contribution in [3.63, 3.8) is 0 Å². The smallest absolute Gasteiger partial charge is 0.409 e. The molecule has 152 valence electrons. The van der Waals surface area contributed by atoms with E-state index in [-0.39, 0.29) is 17.7 Å². The van der Waals surface area contributed by atoms with Crippen LogP contribution in [-0.4, -0.2) is 30.7 Å². The van der Waals surface area contributed by atoms with Crippen LogP contribution in [0.1, 0.15) is 35.3 Å². The molecule has 1 heterocycles. The molecule has 0 aromatic heterocycles. The van der Waals surface area contributed by atoms with Gasteiger partial charge in [-0.1, -0.05) is 12.1 Å². The van der Waals surface area contributed by atoms with E-state index in [1.54, 1.807) is 25.4 Å². The molecular weight excluding hydrogens is 374 g/mol. The Bertz CT molecular complexity index is 911. The summed E-state index contributed by atoms with van der Waals surface area (Å²) in [5, 5.41) is 1.43. The number of hydrogen-bond donors (Lipinski definition) is 2. The lowest BCUT2D eigenvalue weighted by Gasteiger charge is -2.30. The highest BCUT2D eigenvalue weighted by atomic mass is 16.5. The summed E-state index contributed by atoms with van der Waals surface area (Å²) in [6.45, 7) is 2.44. The largest absolute Gasteiger partial charge is 0.493 e. The number of benzene rings is 2. The van der Waals surface area contributed by atoms with E-state index in [1.165, 1.54) is 17.1 Å². The molecule has 3 N–H and O–H groups in total. The quantitative estimate of drug-likeness (QED) is 0.776. The lowest BCUT2D eigenvalue weighted by atomic mass is 10.0. The molecule has 29 heavy (non-hydrogen) atoms. The Kier molecular flexibility index (Phi) is 6.36. The molecular formula is C21H23N3O5. The third-order valence-corrected chi connectivity index (χ3v) is 4.35. The van der Waals surface area contributed by atoms with Crippen molar-refractivity contribution >= 4 is 12.0 Å². The number of carbonyl (C=O) groups excluding carboxylic acids is 2. The van der Waals surface area contributed by atoms with Gasteiger partial charge >= 0.3 is 6.09 Å². The number of carbonyl (C=O) groups is 2. The van der Waals surface area contributed by atoms with Gasteiger partial charge in [0, 0.05) is 11.8 Å². The molecule has 1 atom stereocenters. The Morgan fingerprint density at radius 2 is 1.93 bits per heavy atom. The third kappa shape index (κ3) is 4.85. The molecule has 3 rings (SSSR count). The van der Waals surface area contributed by atoms with Crippen LogP contribution in [-0.2, 0) is 0 Å². The lowest BCUT2D eigenvalue weighted by Crippen LogP contribution is -2.43. The first-order valence-corrected chi connectivity index (χ1v) is 9.16. The van der Waals surface area contributed by atoms with Gasteiger partial charge in [-0.15, -0.1) is 0 Å². The van der Waals surface area contributed by atoms with Gasteiger partial charge in [0.05, 0.1) is 19.8 Å². The fraction of sp³-hybridized carbons (Fsp3) is 0.238. The van der Waals surface area contributed by atoms with Crippen molar-refractivity contribution in [2.24, 2.45) is 5.73 Å². The molecule has 0 aliphatic carbocycles. The average Bonchev–Trinajstić information content (AvgIpc) is 2.73. The molecule has 0 spiro atoms. The summed E-state index contributed by atoms with van der Waals surface area (Å²) in [4.78, 5) is 23.6. The molecule has 0 saturated heterocycles. The summed E-state index contributed by atoms with van der Waals surface area (Å²) >= 11 is 0. The van der Waals surface area contributed by atoms with E-state index < -0.39 is 6.09 Å². The maximum absolute atomic E-state index is 12.8. The van der Waals surface area contributed by atoms with E-state index in [0.717, 1.165) is 5.56 Å². The highest BCUT2D eigenvalue weighted by molar-refractivity contribution is 5.94. The monoisotopic (exact) mass is 397 g/mol. The molecule has 2 amide bonds. The van der Waals surface area contributed by atoms with Crippen LogP contribution < -0.4 is 25.4 Å². The number of rotatable bonds is 6. The fourth-order valence-electron chi connectivity index (χ4n) is 3.00. The predicted molar refractivity (Wildman–Crippen MR) is 107 cm³/mol. The lowest BCUT2D eigenvalue weighted by molar-refractivity contribution is 0.0713. The van der Waals surface area contributed by atoms with Crippen LogP contribution in [0.4, 0.5) is 4.79 Å². The summed E-state index contributed by atoms with van der Waals surface area (Å²) in [6.07, 6.45) is 3.43. The van der Waals surface area contributed by atoms with Crippen LogP contribution >= 0.6 is 0 Å². The molecule has 0 fully saturated rings. The summed E-state index contributed by atoms with van der Waals surface area (Å²) in [5.74, 6) is 1.35. The first-order chi connectivity index (χ1) is 14.0. The summed E-state index contributed by atoms with van der Waals surface area (Å²) < 4.78 is 15.8. The SMILES string of the molecule is CCOc1cc(C2CC=CN(C(=O)c3ccc(OC(N)=O)cc3)N2)ccc1OC. The van der Waals surface area contributed by atoms with Gasteiger partial charge in [0.1, 0.15) is 5.75 Å². The first kappa shape index (κ1) is 20.2. The van der Waals surface area contributed by atoms with E-state index in [4.69, 9.17) is 19.9 Å². The highest BCUT2D eigenvalue weighted by Crippen LogP contribution is 2.32. The zero-order chi connectivity index (χ0) is 20.8. The Labute approximate surface area is 168 Å². The van der Waals surface area contributed by atoms with E-state index >= 15 is 0 Å². The van der Waals surface area contributed by atoms with Gasteiger partial charge in [-0.3, -0.25) is 4.79 Å². The maximum Gasteiger partial charge on any atom is 0.409 e. The van der Waals surface area contributed by atoms with Crippen molar-refractivity contribution in [3.05, 3.63) is 65.9 Å². The minimum Gasteiger partial charge on any atom is -0.493 e. The Hall–Kier alpha value is -3.52. The molecule has 0 bridgehead atoms. The Balaban J connectivity index is 1.74. The van der Waals surface area contributed by atoms with Crippen molar-refractivity contribution in [3.8, 4) is 17.2 Å². The van der Waals surface area contributed by atoms with Gasteiger partial charge in [-0.05, 0) is 55.3 Å². The molecule has 0 radical (unpaired) electrons.